The number of nitrogens with one attached hydrogen (secondary N) is 1. The molecule has 14 heteroatoms. The molecular formula is C19H25FN6O6P+. The number of nitrogens with zero attached hydrogens (tertiary/aromatic N) is 4. The molecule has 1 fully saturated rings. The number of aliphatic hydroxyl groups excluding tert-OH is 1. The predicted octanol–water partition coefficient (Wildman–Crippen LogP) is 0.846. The molecule has 2 aromatic heterocycles. The summed E-state index contributed by atoms with van der Waals surface area (Å²) in [7, 11) is -1.17. The summed E-state index contributed by atoms with van der Waals surface area (Å²) in [5, 5.41) is 12.4. The van der Waals surface area contributed by atoms with Gasteiger partial charge >= 0.3 is 20.1 Å². The van der Waals surface area contributed by atoms with E-state index >= 15 is 0 Å². The number of halogens is 1. The van der Waals surface area contributed by atoms with Gasteiger partial charge in [-0.05, 0) is 11.5 Å². The van der Waals surface area contributed by atoms with E-state index in [9.17, 15) is 18.9 Å². The summed E-state index contributed by atoms with van der Waals surface area (Å²) >= 11 is 0. The standard InChI is InChI=1S/C19H25FN6O6P/c1-6-19(8-31-33(29)18(3,4)25-10(2)16(28)30-5)11(27)7-12(32-19)26-9-22-13-14(21)23-17(20)24-15(13)26/h1,9-12,25,27H,7-8H2,2-5H3,(H2,21,23,24)/q+1/t10-,11-,12+,19+/m0/s1. The number of rotatable bonds is 8. The maximum atomic E-state index is 13.7. The number of ether oxygens (including phenoxy) is 2. The molecule has 0 radical (unpaired) electrons. The van der Waals surface area contributed by atoms with Crippen LogP contribution in [0.1, 0.15) is 33.4 Å². The van der Waals surface area contributed by atoms with Crippen LogP contribution < -0.4 is 11.1 Å². The summed E-state index contributed by atoms with van der Waals surface area (Å²) in [6.07, 6.45) is 3.85. The summed E-state index contributed by atoms with van der Waals surface area (Å²) in [4.78, 5) is 22.8. The molecule has 0 bridgehead atoms. The fourth-order valence-corrected chi connectivity index (χ4v) is 4.41. The Labute approximate surface area is 189 Å². The average molecular weight is 483 g/mol. The van der Waals surface area contributed by atoms with Gasteiger partial charge in [0.1, 0.15) is 25.0 Å². The number of carbonyl (C=O) groups excluding carboxylic acids is 1. The number of nitrogen functional groups attached to an aromatic ring is 1. The van der Waals surface area contributed by atoms with Gasteiger partial charge in [-0.25, -0.2) is 4.98 Å². The summed E-state index contributed by atoms with van der Waals surface area (Å²) in [6.45, 7) is 4.31. The van der Waals surface area contributed by atoms with Crippen LogP contribution in [0, 0.1) is 18.4 Å². The molecule has 178 valence electrons. The maximum absolute atomic E-state index is 13.7. The third-order valence-corrected chi connectivity index (χ3v) is 6.67. The molecular weight excluding hydrogens is 458 g/mol. The van der Waals surface area contributed by atoms with Gasteiger partial charge in [-0.3, -0.25) is 14.7 Å². The fourth-order valence-electron chi connectivity index (χ4n) is 3.48. The number of hydrogen-bond acceptors (Lipinski definition) is 11. The van der Waals surface area contributed by atoms with E-state index in [-0.39, 0.29) is 23.4 Å². The van der Waals surface area contributed by atoms with Crippen LogP contribution >= 0.6 is 8.03 Å². The Morgan fingerprint density at radius 2 is 2.30 bits per heavy atom. The number of carbonyl (C=O) groups is 1. The van der Waals surface area contributed by atoms with E-state index in [0.29, 0.717) is 0 Å². The zero-order chi connectivity index (χ0) is 24.6. The molecule has 5 atom stereocenters. The number of aliphatic hydroxyl groups is 1. The van der Waals surface area contributed by atoms with Crippen molar-refractivity contribution in [2.45, 2.75) is 56.4 Å². The van der Waals surface area contributed by atoms with E-state index in [1.807, 2.05) is 0 Å². The lowest BCUT2D eigenvalue weighted by Gasteiger charge is -2.25. The van der Waals surface area contributed by atoms with Crippen LogP contribution in [0.3, 0.4) is 0 Å². The second-order valence-corrected chi connectivity index (χ2v) is 9.93. The first-order valence-corrected chi connectivity index (χ1v) is 11.1. The first-order valence-electron chi connectivity index (χ1n) is 9.89. The number of aromatic nitrogens is 4. The van der Waals surface area contributed by atoms with Crippen molar-refractivity contribution in [3.05, 3.63) is 12.4 Å². The SMILES string of the molecule is C#C[C@]1(CO[P+](=O)C(C)(C)N[C@@H](C)C(=O)OC)O[C@@H](n2cnc3c(N)nc(F)nc32)C[C@@H]1O. The quantitative estimate of drug-likeness (QED) is 0.211. The van der Waals surface area contributed by atoms with Crippen LogP contribution in [-0.4, -0.2) is 67.3 Å². The highest BCUT2D eigenvalue weighted by molar-refractivity contribution is 7.41. The molecule has 33 heavy (non-hydrogen) atoms. The van der Waals surface area contributed by atoms with Gasteiger partial charge in [-0.1, -0.05) is 5.92 Å². The van der Waals surface area contributed by atoms with E-state index in [4.69, 9.17) is 21.4 Å². The summed E-state index contributed by atoms with van der Waals surface area (Å²) in [5.74, 6) is 1.70. The molecule has 0 aliphatic carbocycles. The van der Waals surface area contributed by atoms with Gasteiger partial charge < -0.3 is 20.3 Å². The zero-order valence-corrected chi connectivity index (χ0v) is 19.4. The summed E-state index contributed by atoms with van der Waals surface area (Å²) < 4.78 is 43.9. The average Bonchev–Trinajstić information content (AvgIpc) is 3.32. The van der Waals surface area contributed by atoms with Gasteiger partial charge in [-0.15, -0.1) is 10.9 Å². The highest BCUT2D eigenvalue weighted by Gasteiger charge is 2.52. The Morgan fingerprint density at radius 1 is 1.61 bits per heavy atom. The fraction of sp³-hybridized carbons (Fsp3) is 0.579. The van der Waals surface area contributed by atoms with Crippen molar-refractivity contribution >= 4 is 31.0 Å². The molecule has 3 heterocycles. The van der Waals surface area contributed by atoms with Crippen LogP contribution in [-0.2, 0) is 23.4 Å². The molecule has 0 spiro atoms. The lowest BCUT2D eigenvalue weighted by molar-refractivity contribution is -0.142. The summed E-state index contributed by atoms with van der Waals surface area (Å²) in [5.41, 5.74) is 4.27. The van der Waals surface area contributed by atoms with Gasteiger partial charge in [0, 0.05) is 20.3 Å². The van der Waals surface area contributed by atoms with Crippen molar-refractivity contribution in [2.75, 3.05) is 19.5 Å². The molecule has 12 nitrogen and oxygen atoms in total. The smallest absolute Gasteiger partial charge is 0.468 e. The van der Waals surface area contributed by atoms with E-state index < -0.39 is 55.9 Å². The van der Waals surface area contributed by atoms with Gasteiger partial charge in [0.25, 0.3) is 0 Å². The lowest BCUT2D eigenvalue weighted by atomic mass is 9.99. The number of esters is 1. The van der Waals surface area contributed by atoms with E-state index in [1.54, 1.807) is 20.8 Å². The minimum Gasteiger partial charge on any atom is -0.468 e. The van der Waals surface area contributed by atoms with E-state index in [2.05, 4.69) is 30.9 Å². The molecule has 0 saturated carbocycles. The van der Waals surface area contributed by atoms with E-state index in [0.717, 1.165) is 0 Å². The normalized spacial score (nSPS) is 24.5. The molecule has 1 aliphatic rings. The van der Waals surface area contributed by atoms with Gasteiger partial charge in [0.2, 0.25) is 5.28 Å². The molecule has 1 aliphatic heterocycles. The van der Waals surface area contributed by atoms with Crippen molar-refractivity contribution in [2.24, 2.45) is 0 Å². The van der Waals surface area contributed by atoms with Crippen molar-refractivity contribution in [3.8, 4) is 12.3 Å². The molecule has 1 saturated heterocycles. The van der Waals surface area contributed by atoms with Crippen molar-refractivity contribution in [1.82, 2.24) is 24.8 Å². The minimum absolute atomic E-state index is 0.00233. The van der Waals surface area contributed by atoms with Gasteiger partial charge in [0.15, 0.2) is 22.6 Å². The van der Waals surface area contributed by atoms with Crippen molar-refractivity contribution in [1.29, 1.82) is 0 Å². The predicted molar refractivity (Wildman–Crippen MR) is 114 cm³/mol. The largest absolute Gasteiger partial charge is 0.530 e. The molecule has 3 rings (SSSR count). The van der Waals surface area contributed by atoms with Crippen LogP contribution in [0.15, 0.2) is 6.33 Å². The second-order valence-electron chi connectivity index (χ2n) is 8.04. The number of fused-ring (bicyclic) bond motifs is 1. The Kier molecular flexibility index (Phi) is 6.97. The third-order valence-electron chi connectivity index (χ3n) is 5.26. The van der Waals surface area contributed by atoms with E-state index in [1.165, 1.54) is 18.0 Å². The van der Waals surface area contributed by atoms with Crippen LogP contribution in [0.25, 0.3) is 11.2 Å². The monoisotopic (exact) mass is 483 g/mol. The Bertz CT molecular complexity index is 1120. The Hall–Kier alpha value is -2.75. The number of hydrogen-bond donors (Lipinski definition) is 3. The molecule has 1 unspecified atom stereocenters. The number of nitrogens with two attached hydrogens (primary N) is 1. The van der Waals surface area contributed by atoms with Crippen LogP contribution in [0.2, 0.25) is 0 Å². The van der Waals surface area contributed by atoms with Crippen molar-refractivity contribution < 1.29 is 32.9 Å². The van der Waals surface area contributed by atoms with Gasteiger partial charge in [-0.2, -0.15) is 14.4 Å². The highest BCUT2D eigenvalue weighted by atomic mass is 31.1. The lowest BCUT2D eigenvalue weighted by Crippen LogP contribution is -2.47. The third kappa shape index (κ3) is 4.80. The highest BCUT2D eigenvalue weighted by Crippen LogP contribution is 2.43. The summed E-state index contributed by atoms with van der Waals surface area (Å²) in [6, 6.07) is -0.740. The first-order chi connectivity index (χ1) is 15.4. The van der Waals surface area contributed by atoms with Crippen LogP contribution in [0.4, 0.5) is 10.2 Å². The van der Waals surface area contributed by atoms with Crippen molar-refractivity contribution in [3.63, 3.8) is 0 Å². The first kappa shape index (κ1) is 24.9. The Balaban J connectivity index is 1.75. The second kappa shape index (κ2) is 9.24. The number of anilines is 1. The minimum atomic E-state index is -2.42. The van der Waals surface area contributed by atoms with Gasteiger partial charge in [0.05, 0.1) is 13.4 Å². The van der Waals surface area contributed by atoms with Crippen LogP contribution in [0.5, 0.6) is 0 Å². The number of methoxy groups -OCH3 is 1. The zero-order valence-electron chi connectivity index (χ0n) is 18.5. The molecule has 0 amide bonds. The molecule has 2 aromatic rings. The molecule has 0 aromatic carbocycles. The molecule has 4 N–H and O–H groups in total. The Morgan fingerprint density at radius 3 is 2.94 bits per heavy atom. The number of terminal acetylenes is 1. The topological polar surface area (TPSA) is 164 Å². The maximum Gasteiger partial charge on any atom is 0.530 e. The number of imidazole rings is 1.